The first-order chi connectivity index (χ1) is 7.14. The van der Waals surface area contributed by atoms with Crippen molar-refractivity contribution in [3.05, 3.63) is 0 Å². The zero-order chi connectivity index (χ0) is 11.1. The lowest BCUT2D eigenvalue weighted by Crippen LogP contribution is -2.27. The molecule has 0 saturated heterocycles. The minimum atomic E-state index is -3.04. The highest BCUT2D eigenvalue weighted by Crippen LogP contribution is 2.33. The maximum absolute atomic E-state index is 11.4. The second-order valence-electron chi connectivity index (χ2n) is 4.29. The summed E-state index contributed by atoms with van der Waals surface area (Å²) in [5.41, 5.74) is 5.30. The molecule has 0 aliphatic heterocycles. The minimum Gasteiger partial charge on any atom is -0.330 e. The van der Waals surface area contributed by atoms with Crippen molar-refractivity contribution in [3.8, 4) is 0 Å². The Bertz CT molecular complexity index is 261. The van der Waals surface area contributed by atoms with Gasteiger partial charge in [-0.3, -0.25) is 0 Å². The first kappa shape index (κ1) is 12.9. The predicted octanol–water partition coefficient (Wildman–Crippen LogP) is 0.835. The molecule has 1 aliphatic carbocycles. The van der Waals surface area contributed by atoms with Crippen LogP contribution in [0, 0.1) is 5.92 Å². The van der Waals surface area contributed by atoms with Gasteiger partial charge < -0.3 is 5.73 Å². The Morgan fingerprint density at radius 3 is 2.53 bits per heavy atom. The third-order valence-corrected chi connectivity index (χ3v) is 4.15. The zero-order valence-electron chi connectivity index (χ0n) is 9.24. The first-order valence-corrected chi connectivity index (χ1v) is 7.46. The average molecular weight is 234 g/mol. The van der Waals surface area contributed by atoms with Crippen LogP contribution in [0.5, 0.6) is 0 Å². The molecule has 0 spiro atoms. The molecule has 0 radical (unpaired) electrons. The Hall–Kier alpha value is -0.130. The van der Waals surface area contributed by atoms with E-state index in [2.05, 4.69) is 4.72 Å². The first-order valence-electron chi connectivity index (χ1n) is 5.81. The lowest BCUT2D eigenvalue weighted by molar-refractivity contribution is 0.569. The number of hydrogen-bond donors (Lipinski definition) is 2. The molecule has 0 unspecified atom stereocenters. The van der Waals surface area contributed by atoms with Crippen LogP contribution in [-0.2, 0) is 10.0 Å². The molecule has 0 aromatic heterocycles. The van der Waals surface area contributed by atoms with Gasteiger partial charge in [0.2, 0.25) is 10.0 Å². The molecule has 1 rings (SSSR count). The topological polar surface area (TPSA) is 72.2 Å². The molecule has 1 fully saturated rings. The van der Waals surface area contributed by atoms with E-state index < -0.39 is 10.0 Å². The maximum Gasteiger partial charge on any atom is 0.211 e. The van der Waals surface area contributed by atoms with Crippen LogP contribution in [0.15, 0.2) is 0 Å². The van der Waals surface area contributed by atoms with Crippen molar-refractivity contribution in [2.75, 3.05) is 18.8 Å². The van der Waals surface area contributed by atoms with Crippen LogP contribution in [0.3, 0.4) is 0 Å². The molecule has 90 valence electrons. The second-order valence-corrected chi connectivity index (χ2v) is 6.22. The molecule has 0 amide bonds. The molecule has 0 heterocycles. The fourth-order valence-corrected chi connectivity index (χ4v) is 2.72. The van der Waals surface area contributed by atoms with E-state index in [-0.39, 0.29) is 5.75 Å². The van der Waals surface area contributed by atoms with Gasteiger partial charge in [0, 0.05) is 6.54 Å². The SMILES string of the molecule is NCCCCS(=O)(=O)NCCCC1CC1. The lowest BCUT2D eigenvalue weighted by atomic mass is 10.2. The highest BCUT2D eigenvalue weighted by atomic mass is 32.2. The summed E-state index contributed by atoms with van der Waals surface area (Å²) in [6.45, 7) is 1.17. The fraction of sp³-hybridized carbons (Fsp3) is 1.00. The van der Waals surface area contributed by atoms with Gasteiger partial charge in [-0.25, -0.2) is 13.1 Å². The Balaban J connectivity index is 2.00. The number of hydrogen-bond acceptors (Lipinski definition) is 3. The average Bonchev–Trinajstić information content (AvgIpc) is 2.96. The quantitative estimate of drug-likeness (QED) is 0.581. The number of nitrogens with two attached hydrogens (primary N) is 1. The van der Waals surface area contributed by atoms with E-state index in [1.165, 1.54) is 19.3 Å². The van der Waals surface area contributed by atoms with E-state index in [0.717, 1.165) is 18.8 Å². The van der Waals surface area contributed by atoms with Crippen LogP contribution >= 0.6 is 0 Å². The summed E-state index contributed by atoms with van der Waals surface area (Å²) >= 11 is 0. The third-order valence-electron chi connectivity index (χ3n) is 2.68. The smallest absolute Gasteiger partial charge is 0.211 e. The van der Waals surface area contributed by atoms with Crippen molar-refractivity contribution in [2.24, 2.45) is 11.7 Å². The molecular weight excluding hydrogens is 212 g/mol. The molecule has 0 bridgehead atoms. The summed E-state index contributed by atoms with van der Waals surface area (Å²) in [5.74, 6) is 1.10. The molecule has 15 heavy (non-hydrogen) atoms. The van der Waals surface area contributed by atoms with Crippen molar-refractivity contribution in [1.29, 1.82) is 0 Å². The van der Waals surface area contributed by atoms with Crippen molar-refractivity contribution in [3.63, 3.8) is 0 Å². The Morgan fingerprint density at radius 2 is 1.93 bits per heavy atom. The molecule has 0 atom stereocenters. The molecule has 1 saturated carbocycles. The van der Waals surface area contributed by atoms with Gasteiger partial charge in [0.1, 0.15) is 0 Å². The summed E-state index contributed by atoms with van der Waals surface area (Å²) in [6, 6.07) is 0. The van der Waals surface area contributed by atoms with Gasteiger partial charge in [-0.2, -0.15) is 0 Å². The third kappa shape index (κ3) is 6.87. The summed E-state index contributed by atoms with van der Waals surface area (Å²) in [5, 5.41) is 0. The van der Waals surface area contributed by atoms with Crippen molar-refractivity contribution >= 4 is 10.0 Å². The van der Waals surface area contributed by atoms with E-state index in [1.807, 2.05) is 0 Å². The lowest BCUT2D eigenvalue weighted by Gasteiger charge is -2.05. The van der Waals surface area contributed by atoms with Gasteiger partial charge >= 0.3 is 0 Å². The molecule has 0 aromatic carbocycles. The maximum atomic E-state index is 11.4. The zero-order valence-corrected chi connectivity index (χ0v) is 10.1. The van der Waals surface area contributed by atoms with E-state index >= 15 is 0 Å². The summed E-state index contributed by atoms with van der Waals surface area (Å²) in [6.07, 6.45) is 6.26. The highest BCUT2D eigenvalue weighted by molar-refractivity contribution is 7.89. The molecule has 0 aromatic rings. The number of nitrogens with one attached hydrogen (secondary N) is 1. The van der Waals surface area contributed by atoms with Crippen LogP contribution < -0.4 is 10.5 Å². The van der Waals surface area contributed by atoms with E-state index in [4.69, 9.17) is 5.73 Å². The van der Waals surface area contributed by atoms with Crippen molar-refractivity contribution in [2.45, 2.75) is 38.5 Å². The Morgan fingerprint density at radius 1 is 1.20 bits per heavy atom. The Kier molecular flexibility index (Phi) is 5.56. The van der Waals surface area contributed by atoms with Gasteiger partial charge in [0.25, 0.3) is 0 Å². The molecule has 4 nitrogen and oxygen atoms in total. The largest absolute Gasteiger partial charge is 0.330 e. The Labute approximate surface area is 92.7 Å². The minimum absolute atomic E-state index is 0.216. The number of rotatable bonds is 9. The normalized spacial score (nSPS) is 16.9. The van der Waals surface area contributed by atoms with Crippen LogP contribution in [0.2, 0.25) is 0 Å². The van der Waals surface area contributed by atoms with Crippen LogP contribution in [0.4, 0.5) is 0 Å². The van der Waals surface area contributed by atoms with Crippen LogP contribution in [0.1, 0.15) is 38.5 Å². The monoisotopic (exact) mass is 234 g/mol. The van der Waals surface area contributed by atoms with Crippen molar-refractivity contribution in [1.82, 2.24) is 4.72 Å². The molecule has 5 heteroatoms. The number of unbranched alkanes of at least 4 members (excludes halogenated alkanes) is 1. The van der Waals surface area contributed by atoms with Crippen molar-refractivity contribution < 1.29 is 8.42 Å². The van der Waals surface area contributed by atoms with Gasteiger partial charge in [0.05, 0.1) is 5.75 Å². The predicted molar refractivity (Wildman–Crippen MR) is 62.0 cm³/mol. The second kappa shape index (κ2) is 6.45. The molecule has 1 aliphatic rings. The van der Waals surface area contributed by atoms with E-state index in [0.29, 0.717) is 19.5 Å². The standard InChI is InChI=1S/C10H22N2O2S/c11-7-1-2-9-15(13,14)12-8-3-4-10-5-6-10/h10,12H,1-9,11H2. The molecule has 3 N–H and O–H groups in total. The van der Waals surface area contributed by atoms with E-state index in [1.54, 1.807) is 0 Å². The van der Waals surface area contributed by atoms with E-state index in [9.17, 15) is 8.42 Å². The summed E-state index contributed by atoms with van der Waals surface area (Å²) in [7, 11) is -3.04. The van der Waals surface area contributed by atoms with Gasteiger partial charge in [-0.05, 0) is 38.1 Å². The summed E-state index contributed by atoms with van der Waals surface area (Å²) in [4.78, 5) is 0. The highest BCUT2D eigenvalue weighted by Gasteiger charge is 2.20. The molecular formula is C10H22N2O2S. The van der Waals surface area contributed by atoms with Crippen LogP contribution in [-0.4, -0.2) is 27.3 Å². The van der Waals surface area contributed by atoms with Gasteiger partial charge in [0.15, 0.2) is 0 Å². The summed E-state index contributed by atoms with van der Waals surface area (Å²) < 4.78 is 25.5. The van der Waals surface area contributed by atoms with Gasteiger partial charge in [-0.15, -0.1) is 0 Å². The fourth-order valence-electron chi connectivity index (χ4n) is 1.53. The number of sulfonamides is 1. The van der Waals surface area contributed by atoms with Gasteiger partial charge in [-0.1, -0.05) is 12.8 Å². The van der Waals surface area contributed by atoms with Crippen LogP contribution in [0.25, 0.3) is 0 Å².